The molecule has 0 spiro atoms. The first-order valence-corrected chi connectivity index (χ1v) is 7.81. The van der Waals surface area contributed by atoms with E-state index in [4.69, 9.17) is 5.11 Å². The molecular weight excluding hydrogens is 324 g/mol. The van der Waals surface area contributed by atoms with Gasteiger partial charge in [-0.25, -0.2) is 9.78 Å². The second kappa shape index (κ2) is 6.15. The lowest BCUT2D eigenvalue weighted by Crippen LogP contribution is -2.03. The van der Waals surface area contributed by atoms with E-state index in [1.54, 1.807) is 0 Å². The summed E-state index contributed by atoms with van der Waals surface area (Å²) in [7, 11) is 0. The van der Waals surface area contributed by atoms with Crippen LogP contribution in [0.15, 0.2) is 25.8 Å². The van der Waals surface area contributed by atoms with Crippen LogP contribution in [0.25, 0.3) is 0 Å². The molecule has 0 atom stereocenters. The average molecular weight is 330 g/mol. The van der Waals surface area contributed by atoms with Gasteiger partial charge in [0.1, 0.15) is 5.69 Å². The molecule has 0 bridgehead atoms. The molecule has 0 unspecified atom stereocenters. The zero-order valence-electron chi connectivity index (χ0n) is 9.84. The van der Waals surface area contributed by atoms with Crippen molar-refractivity contribution in [1.29, 1.82) is 0 Å². The number of carboxylic acids is 1. The number of carbonyl (C=O) groups is 1. The van der Waals surface area contributed by atoms with Crippen molar-refractivity contribution in [3.63, 3.8) is 0 Å². The fourth-order valence-corrected chi connectivity index (χ4v) is 3.61. The van der Waals surface area contributed by atoms with E-state index in [9.17, 15) is 14.9 Å². The fraction of sp³-hybridized carbons (Fsp3) is 0.111. The molecule has 0 aromatic carbocycles. The second-order valence-corrected chi connectivity index (χ2v) is 6.49. The van der Waals surface area contributed by atoms with E-state index in [1.165, 1.54) is 23.1 Å². The first-order chi connectivity index (χ1) is 9.51. The number of pyridine rings is 1. The Morgan fingerprint density at radius 3 is 2.65 bits per heavy atom. The Morgan fingerprint density at radius 2 is 2.10 bits per heavy atom. The molecule has 11 heteroatoms. The van der Waals surface area contributed by atoms with Gasteiger partial charge in [-0.3, -0.25) is 10.1 Å². The summed E-state index contributed by atoms with van der Waals surface area (Å²) in [6.07, 6.45) is 1.83. The summed E-state index contributed by atoms with van der Waals surface area (Å²) >= 11 is 3.58. The number of thioether (sulfide) groups is 1. The van der Waals surface area contributed by atoms with Gasteiger partial charge < -0.3 is 5.11 Å². The SMILES string of the molecule is CSc1nnc(Sc2nc(C(=O)O)ccc2[N+](=O)[O-])s1. The van der Waals surface area contributed by atoms with Gasteiger partial charge in [0.25, 0.3) is 0 Å². The molecule has 1 N–H and O–H groups in total. The van der Waals surface area contributed by atoms with Crippen LogP contribution in [0.4, 0.5) is 5.69 Å². The van der Waals surface area contributed by atoms with Crippen LogP contribution in [0.3, 0.4) is 0 Å². The van der Waals surface area contributed by atoms with Gasteiger partial charge in [0.15, 0.2) is 13.7 Å². The van der Waals surface area contributed by atoms with Crippen LogP contribution in [0.1, 0.15) is 10.5 Å². The van der Waals surface area contributed by atoms with Gasteiger partial charge in [-0.2, -0.15) is 0 Å². The molecule has 0 radical (unpaired) electrons. The molecule has 0 aliphatic carbocycles. The summed E-state index contributed by atoms with van der Waals surface area (Å²) < 4.78 is 1.18. The minimum atomic E-state index is -1.25. The summed E-state index contributed by atoms with van der Waals surface area (Å²) in [6.45, 7) is 0. The Balaban J connectivity index is 2.39. The van der Waals surface area contributed by atoms with Crippen molar-refractivity contribution in [2.75, 3.05) is 6.26 Å². The van der Waals surface area contributed by atoms with Crippen molar-refractivity contribution >= 4 is 46.5 Å². The predicted molar refractivity (Wildman–Crippen MR) is 73.7 cm³/mol. The molecule has 0 fully saturated rings. The molecule has 2 heterocycles. The third kappa shape index (κ3) is 3.23. The molecule has 2 aromatic heterocycles. The zero-order valence-corrected chi connectivity index (χ0v) is 12.3. The Kier molecular flexibility index (Phi) is 4.52. The Bertz CT molecular complexity index is 675. The second-order valence-electron chi connectivity index (χ2n) is 3.22. The van der Waals surface area contributed by atoms with Crippen molar-refractivity contribution < 1.29 is 14.8 Å². The van der Waals surface area contributed by atoms with E-state index in [1.807, 2.05) is 6.26 Å². The van der Waals surface area contributed by atoms with Gasteiger partial charge in [-0.1, -0.05) is 23.1 Å². The molecule has 20 heavy (non-hydrogen) atoms. The number of nitrogens with zero attached hydrogens (tertiary/aromatic N) is 4. The summed E-state index contributed by atoms with van der Waals surface area (Å²) in [4.78, 5) is 25.0. The highest BCUT2D eigenvalue weighted by Crippen LogP contribution is 2.36. The van der Waals surface area contributed by atoms with Gasteiger partial charge in [-0.05, 0) is 24.1 Å². The van der Waals surface area contributed by atoms with Gasteiger partial charge in [0, 0.05) is 6.07 Å². The highest BCUT2D eigenvalue weighted by molar-refractivity contribution is 8.03. The van der Waals surface area contributed by atoms with Crippen LogP contribution in [-0.4, -0.2) is 37.4 Å². The van der Waals surface area contributed by atoms with E-state index >= 15 is 0 Å². The van der Waals surface area contributed by atoms with Gasteiger partial charge >= 0.3 is 11.7 Å². The van der Waals surface area contributed by atoms with Gasteiger partial charge in [0.2, 0.25) is 0 Å². The minimum absolute atomic E-state index is 0.0151. The molecule has 0 aliphatic rings. The molecule has 8 nitrogen and oxygen atoms in total. The highest BCUT2D eigenvalue weighted by Gasteiger charge is 2.21. The maximum atomic E-state index is 10.9. The normalized spacial score (nSPS) is 10.4. The highest BCUT2D eigenvalue weighted by atomic mass is 32.2. The summed E-state index contributed by atoms with van der Waals surface area (Å²) in [6, 6.07) is 2.22. The smallest absolute Gasteiger partial charge is 0.354 e. The van der Waals surface area contributed by atoms with E-state index in [-0.39, 0.29) is 16.4 Å². The van der Waals surface area contributed by atoms with Crippen LogP contribution < -0.4 is 0 Å². The third-order valence-electron chi connectivity index (χ3n) is 2.00. The molecule has 0 saturated heterocycles. The summed E-state index contributed by atoms with van der Waals surface area (Å²) in [5.74, 6) is -1.25. The van der Waals surface area contributed by atoms with Crippen molar-refractivity contribution in [3.8, 4) is 0 Å². The predicted octanol–water partition coefficient (Wildman–Crippen LogP) is 2.41. The first-order valence-electron chi connectivity index (χ1n) is 4.95. The van der Waals surface area contributed by atoms with Crippen LogP contribution in [0.2, 0.25) is 0 Å². The Labute approximate surface area is 124 Å². The molecule has 0 aliphatic heterocycles. The topological polar surface area (TPSA) is 119 Å². The molecule has 0 amide bonds. The van der Waals surface area contributed by atoms with Crippen molar-refractivity contribution in [3.05, 3.63) is 27.9 Å². The number of hydrogen-bond acceptors (Lipinski definition) is 9. The molecule has 2 aromatic rings. The first kappa shape index (κ1) is 14.7. The lowest BCUT2D eigenvalue weighted by Gasteiger charge is -2.00. The molecule has 0 saturated carbocycles. The van der Waals surface area contributed by atoms with E-state index in [0.717, 1.165) is 23.9 Å². The van der Waals surface area contributed by atoms with Gasteiger partial charge in [-0.15, -0.1) is 10.2 Å². The van der Waals surface area contributed by atoms with Crippen LogP contribution in [-0.2, 0) is 0 Å². The monoisotopic (exact) mass is 330 g/mol. The number of hydrogen-bond donors (Lipinski definition) is 1. The van der Waals surface area contributed by atoms with E-state index < -0.39 is 10.9 Å². The zero-order chi connectivity index (χ0) is 14.7. The quantitative estimate of drug-likeness (QED) is 0.500. The number of nitro groups is 1. The largest absolute Gasteiger partial charge is 0.477 e. The van der Waals surface area contributed by atoms with Crippen molar-refractivity contribution in [2.45, 2.75) is 13.7 Å². The summed E-state index contributed by atoms with van der Waals surface area (Å²) in [5.41, 5.74) is -0.520. The third-order valence-corrected chi connectivity index (χ3v) is 4.95. The summed E-state index contributed by atoms with van der Waals surface area (Å²) in [5, 5.41) is 27.5. The average Bonchev–Trinajstić information content (AvgIpc) is 2.86. The molecule has 104 valence electrons. The number of carboxylic acid groups (broad SMARTS) is 1. The van der Waals surface area contributed by atoms with Crippen LogP contribution >= 0.6 is 34.9 Å². The standard InChI is InChI=1S/C9H6N4O4S3/c1-18-8-11-12-9(20-8)19-6-5(13(16)17)3-2-4(10-6)7(14)15/h2-3H,1H3,(H,14,15). The lowest BCUT2D eigenvalue weighted by molar-refractivity contribution is -0.388. The minimum Gasteiger partial charge on any atom is -0.477 e. The number of rotatable bonds is 5. The van der Waals surface area contributed by atoms with E-state index in [0.29, 0.717) is 8.68 Å². The van der Waals surface area contributed by atoms with E-state index in [2.05, 4.69) is 15.2 Å². The maximum absolute atomic E-state index is 10.9. The lowest BCUT2D eigenvalue weighted by atomic mass is 10.3. The van der Waals surface area contributed by atoms with Crippen molar-refractivity contribution in [2.24, 2.45) is 0 Å². The number of aromatic carboxylic acids is 1. The van der Waals surface area contributed by atoms with Gasteiger partial charge in [0.05, 0.1) is 4.92 Å². The Morgan fingerprint density at radius 1 is 1.40 bits per heavy atom. The maximum Gasteiger partial charge on any atom is 0.354 e. The van der Waals surface area contributed by atoms with Crippen molar-refractivity contribution in [1.82, 2.24) is 15.2 Å². The number of aromatic nitrogens is 3. The van der Waals surface area contributed by atoms with Crippen LogP contribution in [0.5, 0.6) is 0 Å². The van der Waals surface area contributed by atoms with Crippen LogP contribution in [0, 0.1) is 10.1 Å². The molecule has 2 rings (SSSR count). The Hall–Kier alpha value is -1.72. The molecular formula is C9H6N4O4S3. The fourth-order valence-electron chi connectivity index (χ4n) is 1.17.